The van der Waals surface area contributed by atoms with E-state index in [0.717, 1.165) is 20.3 Å². The van der Waals surface area contributed by atoms with Crippen molar-refractivity contribution in [2.24, 2.45) is 0 Å². The topological polar surface area (TPSA) is 61.8 Å². The van der Waals surface area contributed by atoms with Crippen LogP contribution in [-0.2, 0) is 0 Å². The van der Waals surface area contributed by atoms with Crippen LogP contribution >= 0.6 is 31.9 Å². The SMILES string of the molecule is N#Cc1cc(Nc2cc(Br)ccc2Br)ccc1N. The van der Waals surface area contributed by atoms with E-state index in [2.05, 4.69) is 43.2 Å². The highest BCUT2D eigenvalue weighted by atomic mass is 79.9. The van der Waals surface area contributed by atoms with Crippen molar-refractivity contribution in [3.8, 4) is 6.07 Å². The first kappa shape index (κ1) is 12.9. The molecule has 0 aliphatic heterocycles. The van der Waals surface area contributed by atoms with Crippen LogP contribution in [0.5, 0.6) is 0 Å². The molecule has 0 unspecified atom stereocenters. The molecule has 2 aromatic rings. The summed E-state index contributed by atoms with van der Waals surface area (Å²) < 4.78 is 1.92. The molecular formula is C13H9Br2N3. The number of hydrogen-bond acceptors (Lipinski definition) is 3. The van der Waals surface area contributed by atoms with Crippen molar-refractivity contribution in [2.45, 2.75) is 0 Å². The van der Waals surface area contributed by atoms with E-state index >= 15 is 0 Å². The van der Waals surface area contributed by atoms with Gasteiger partial charge in [-0.3, -0.25) is 0 Å². The zero-order valence-corrected chi connectivity index (χ0v) is 12.4. The van der Waals surface area contributed by atoms with Crippen LogP contribution in [0.3, 0.4) is 0 Å². The van der Waals surface area contributed by atoms with Crippen LogP contribution in [0.25, 0.3) is 0 Å². The predicted molar refractivity (Wildman–Crippen MR) is 80.7 cm³/mol. The first-order valence-corrected chi connectivity index (χ1v) is 6.70. The molecule has 90 valence electrons. The number of nitriles is 1. The van der Waals surface area contributed by atoms with Gasteiger partial charge in [0.2, 0.25) is 0 Å². The van der Waals surface area contributed by atoms with Crippen molar-refractivity contribution < 1.29 is 0 Å². The Hall–Kier alpha value is -1.51. The highest BCUT2D eigenvalue weighted by Crippen LogP contribution is 2.29. The maximum atomic E-state index is 8.93. The van der Waals surface area contributed by atoms with Gasteiger partial charge in [0, 0.05) is 20.3 Å². The summed E-state index contributed by atoms with van der Waals surface area (Å²) in [5, 5.41) is 12.2. The molecule has 0 atom stereocenters. The number of hydrogen-bond donors (Lipinski definition) is 2. The van der Waals surface area contributed by atoms with Gasteiger partial charge >= 0.3 is 0 Å². The molecule has 2 rings (SSSR count). The maximum Gasteiger partial charge on any atom is 0.101 e. The highest BCUT2D eigenvalue weighted by Gasteiger charge is 2.04. The number of benzene rings is 2. The van der Waals surface area contributed by atoms with Crippen LogP contribution < -0.4 is 11.1 Å². The maximum absolute atomic E-state index is 8.93. The second-order valence-corrected chi connectivity index (χ2v) is 5.43. The molecule has 0 fully saturated rings. The average molecular weight is 367 g/mol. The zero-order chi connectivity index (χ0) is 13.1. The molecule has 0 saturated heterocycles. The van der Waals surface area contributed by atoms with Gasteiger partial charge in [-0.25, -0.2) is 0 Å². The number of halogens is 2. The highest BCUT2D eigenvalue weighted by molar-refractivity contribution is 9.11. The quantitative estimate of drug-likeness (QED) is 0.774. The first-order valence-electron chi connectivity index (χ1n) is 5.12. The first-order chi connectivity index (χ1) is 8.60. The zero-order valence-electron chi connectivity index (χ0n) is 9.24. The smallest absolute Gasteiger partial charge is 0.101 e. The molecule has 0 radical (unpaired) electrons. The van der Waals surface area contributed by atoms with E-state index in [-0.39, 0.29) is 0 Å². The molecule has 0 saturated carbocycles. The Bertz CT molecular complexity index is 633. The van der Waals surface area contributed by atoms with Crippen molar-refractivity contribution in [1.82, 2.24) is 0 Å². The third-order valence-corrected chi connectivity index (χ3v) is 3.57. The Morgan fingerprint density at radius 3 is 2.61 bits per heavy atom. The summed E-state index contributed by atoms with van der Waals surface area (Å²) >= 11 is 6.88. The lowest BCUT2D eigenvalue weighted by atomic mass is 10.1. The molecule has 0 aromatic heterocycles. The van der Waals surface area contributed by atoms with E-state index in [4.69, 9.17) is 11.0 Å². The summed E-state index contributed by atoms with van der Waals surface area (Å²) in [5.41, 5.74) is 8.36. The second-order valence-electron chi connectivity index (χ2n) is 3.66. The Balaban J connectivity index is 2.34. The van der Waals surface area contributed by atoms with E-state index in [1.165, 1.54) is 0 Å². The van der Waals surface area contributed by atoms with Crippen molar-refractivity contribution in [3.63, 3.8) is 0 Å². The van der Waals surface area contributed by atoms with Crippen LogP contribution in [0.2, 0.25) is 0 Å². The summed E-state index contributed by atoms with van der Waals surface area (Å²) in [7, 11) is 0. The lowest BCUT2D eigenvalue weighted by molar-refractivity contribution is 1.46. The molecule has 0 aliphatic rings. The van der Waals surface area contributed by atoms with E-state index < -0.39 is 0 Å². The van der Waals surface area contributed by atoms with Gasteiger partial charge in [0.05, 0.1) is 11.3 Å². The summed E-state index contributed by atoms with van der Waals surface area (Å²) in [5.74, 6) is 0. The minimum atomic E-state index is 0.464. The molecule has 0 bridgehead atoms. The van der Waals surface area contributed by atoms with Crippen LogP contribution in [0, 0.1) is 11.3 Å². The fourth-order valence-corrected chi connectivity index (χ4v) is 2.19. The predicted octanol–water partition coefficient (Wildman–Crippen LogP) is 4.41. The van der Waals surface area contributed by atoms with E-state index in [1.807, 2.05) is 24.3 Å². The Morgan fingerprint density at radius 2 is 1.89 bits per heavy atom. The molecule has 0 amide bonds. The van der Waals surface area contributed by atoms with Crippen LogP contribution in [0.15, 0.2) is 45.3 Å². The average Bonchev–Trinajstić information content (AvgIpc) is 2.36. The summed E-state index contributed by atoms with van der Waals surface area (Å²) in [6.45, 7) is 0. The molecule has 3 N–H and O–H groups in total. The van der Waals surface area contributed by atoms with Gasteiger partial charge in [-0.15, -0.1) is 0 Å². The largest absolute Gasteiger partial charge is 0.398 e. The van der Waals surface area contributed by atoms with Gasteiger partial charge in [-0.05, 0) is 52.3 Å². The second kappa shape index (κ2) is 5.42. The molecular weight excluding hydrogens is 358 g/mol. The van der Waals surface area contributed by atoms with E-state index in [9.17, 15) is 0 Å². The van der Waals surface area contributed by atoms with E-state index in [1.54, 1.807) is 12.1 Å². The van der Waals surface area contributed by atoms with Gasteiger partial charge in [-0.1, -0.05) is 15.9 Å². The number of anilines is 3. The van der Waals surface area contributed by atoms with Crippen molar-refractivity contribution >= 4 is 48.9 Å². The van der Waals surface area contributed by atoms with Gasteiger partial charge in [0.25, 0.3) is 0 Å². The number of nitrogens with one attached hydrogen (secondary N) is 1. The summed E-state index contributed by atoms with van der Waals surface area (Å²) in [6, 6.07) is 13.2. The normalized spacial score (nSPS) is 9.83. The molecule has 18 heavy (non-hydrogen) atoms. The summed E-state index contributed by atoms with van der Waals surface area (Å²) in [4.78, 5) is 0. The van der Waals surface area contributed by atoms with Crippen molar-refractivity contribution in [3.05, 3.63) is 50.9 Å². The molecule has 0 spiro atoms. The van der Waals surface area contributed by atoms with Gasteiger partial charge in [0.15, 0.2) is 0 Å². The Morgan fingerprint density at radius 1 is 1.11 bits per heavy atom. The van der Waals surface area contributed by atoms with Crippen LogP contribution in [-0.4, -0.2) is 0 Å². The van der Waals surface area contributed by atoms with Crippen LogP contribution in [0.4, 0.5) is 17.1 Å². The molecule has 0 heterocycles. The lowest BCUT2D eigenvalue weighted by Crippen LogP contribution is -1.95. The monoisotopic (exact) mass is 365 g/mol. The minimum absolute atomic E-state index is 0.464. The van der Waals surface area contributed by atoms with Crippen molar-refractivity contribution in [1.29, 1.82) is 5.26 Å². The fraction of sp³-hybridized carbons (Fsp3) is 0. The third-order valence-electron chi connectivity index (χ3n) is 2.38. The van der Waals surface area contributed by atoms with Crippen LogP contribution in [0.1, 0.15) is 5.56 Å². The summed E-state index contributed by atoms with van der Waals surface area (Å²) in [6.07, 6.45) is 0. The molecule has 2 aromatic carbocycles. The Labute approximate surface area is 122 Å². The Kier molecular flexibility index (Phi) is 3.90. The molecule has 0 aliphatic carbocycles. The number of nitrogens with two attached hydrogens (primary N) is 1. The minimum Gasteiger partial charge on any atom is -0.398 e. The van der Waals surface area contributed by atoms with Crippen molar-refractivity contribution in [2.75, 3.05) is 11.1 Å². The fourth-order valence-electron chi connectivity index (χ4n) is 1.48. The molecule has 3 nitrogen and oxygen atoms in total. The van der Waals surface area contributed by atoms with E-state index in [0.29, 0.717) is 11.3 Å². The number of nitrogens with zero attached hydrogens (tertiary/aromatic N) is 1. The number of nitrogen functional groups attached to an aromatic ring is 1. The third kappa shape index (κ3) is 2.84. The van der Waals surface area contributed by atoms with Gasteiger partial charge < -0.3 is 11.1 Å². The molecule has 5 heteroatoms. The standard InChI is InChI=1S/C13H9Br2N3/c14-9-1-3-11(15)13(6-9)18-10-2-4-12(17)8(5-10)7-16/h1-6,18H,17H2. The van der Waals surface area contributed by atoms with Gasteiger partial charge in [-0.2, -0.15) is 5.26 Å². The number of rotatable bonds is 2. The lowest BCUT2D eigenvalue weighted by Gasteiger charge is -2.10. The van der Waals surface area contributed by atoms with Gasteiger partial charge in [0.1, 0.15) is 6.07 Å².